The summed E-state index contributed by atoms with van der Waals surface area (Å²) in [5, 5.41) is 7.42. The maximum Gasteiger partial charge on any atom is 0.318 e. The van der Waals surface area contributed by atoms with Crippen LogP contribution in [0.3, 0.4) is 0 Å². The number of hydrogen-bond acceptors (Lipinski definition) is 4. The Morgan fingerprint density at radius 3 is 2.18 bits per heavy atom. The fraction of sp³-hybridized carbons (Fsp3) is 0.700. The van der Waals surface area contributed by atoms with Crippen LogP contribution in [-0.4, -0.2) is 36.5 Å². The molecule has 98 valence electrons. The van der Waals surface area contributed by atoms with Crippen LogP contribution >= 0.6 is 0 Å². The van der Waals surface area contributed by atoms with Crippen molar-refractivity contribution in [2.24, 2.45) is 5.73 Å². The van der Waals surface area contributed by atoms with Crippen molar-refractivity contribution in [3.05, 3.63) is 0 Å². The van der Waals surface area contributed by atoms with E-state index in [1.165, 1.54) is 0 Å². The summed E-state index contributed by atoms with van der Waals surface area (Å²) in [6.07, 6.45) is 0.265. The van der Waals surface area contributed by atoms with Crippen molar-refractivity contribution in [1.29, 1.82) is 0 Å². The highest BCUT2D eigenvalue weighted by atomic mass is 16.2. The summed E-state index contributed by atoms with van der Waals surface area (Å²) in [7, 11) is 0. The van der Waals surface area contributed by atoms with Crippen LogP contribution in [0, 0.1) is 0 Å². The number of carbonyl (C=O) groups is 3. The molecule has 7 heteroatoms. The van der Waals surface area contributed by atoms with Gasteiger partial charge in [-0.3, -0.25) is 14.9 Å². The van der Waals surface area contributed by atoms with Gasteiger partial charge in [0, 0.05) is 18.5 Å². The zero-order valence-electron chi connectivity index (χ0n) is 10.4. The smallest absolute Gasteiger partial charge is 0.318 e. The number of nitrogens with one attached hydrogen (secondary N) is 3. The zero-order valence-corrected chi connectivity index (χ0v) is 10.4. The second-order valence-electron chi connectivity index (χ2n) is 4.64. The van der Waals surface area contributed by atoms with Gasteiger partial charge < -0.3 is 16.4 Å². The van der Waals surface area contributed by atoms with E-state index in [4.69, 9.17) is 5.73 Å². The Balaban J connectivity index is 3.61. The van der Waals surface area contributed by atoms with E-state index in [1.807, 2.05) is 26.1 Å². The molecule has 0 spiro atoms. The molecule has 0 aromatic carbocycles. The van der Waals surface area contributed by atoms with Gasteiger partial charge in [-0.2, -0.15) is 0 Å². The van der Waals surface area contributed by atoms with Crippen LogP contribution in [-0.2, 0) is 9.59 Å². The van der Waals surface area contributed by atoms with Gasteiger partial charge in [0.1, 0.15) is 0 Å². The number of hydrogen-bond donors (Lipinski definition) is 4. The van der Waals surface area contributed by atoms with E-state index >= 15 is 0 Å². The maximum atomic E-state index is 11.4. The van der Waals surface area contributed by atoms with E-state index in [0.717, 1.165) is 0 Å². The first-order valence-corrected chi connectivity index (χ1v) is 5.32. The van der Waals surface area contributed by atoms with Crippen molar-refractivity contribution < 1.29 is 14.4 Å². The number of carbonyl (C=O) groups excluding carboxylic acids is 3. The van der Waals surface area contributed by atoms with Gasteiger partial charge in [0.25, 0.3) is 0 Å². The fourth-order valence-corrected chi connectivity index (χ4v) is 1.07. The first kappa shape index (κ1) is 15.4. The summed E-state index contributed by atoms with van der Waals surface area (Å²) in [5.74, 6) is -0.617. The molecule has 4 amide bonds. The topological polar surface area (TPSA) is 113 Å². The Bertz CT molecular complexity index is 296. The highest BCUT2D eigenvalue weighted by molar-refractivity contribution is 5.94. The summed E-state index contributed by atoms with van der Waals surface area (Å²) in [4.78, 5) is 32.6. The molecule has 0 unspecified atom stereocenters. The molecule has 0 heterocycles. The molecular weight excluding hydrogens is 224 g/mol. The third-order valence-corrected chi connectivity index (χ3v) is 1.59. The lowest BCUT2D eigenvalue weighted by molar-refractivity contribution is -0.123. The normalized spacial score (nSPS) is 10.8. The van der Waals surface area contributed by atoms with E-state index in [9.17, 15) is 14.4 Å². The predicted molar refractivity (Wildman–Crippen MR) is 63.1 cm³/mol. The van der Waals surface area contributed by atoms with Gasteiger partial charge in [0.2, 0.25) is 11.8 Å². The van der Waals surface area contributed by atoms with Crippen LogP contribution < -0.4 is 21.7 Å². The van der Waals surface area contributed by atoms with Gasteiger partial charge in [-0.25, -0.2) is 4.79 Å². The van der Waals surface area contributed by atoms with E-state index < -0.39 is 11.9 Å². The average Bonchev–Trinajstić information content (AvgIpc) is 2.08. The SMILES string of the molecule is CC(C)(C)NC(=O)CCNCC(=O)NC(N)=O. The molecule has 0 aliphatic carbocycles. The predicted octanol–water partition coefficient (Wildman–Crippen LogP) is -0.924. The van der Waals surface area contributed by atoms with Crippen LogP contribution in [0.2, 0.25) is 0 Å². The number of amides is 4. The summed E-state index contributed by atoms with van der Waals surface area (Å²) in [6.45, 7) is 5.97. The Morgan fingerprint density at radius 1 is 1.12 bits per heavy atom. The van der Waals surface area contributed by atoms with Crippen LogP contribution in [0.15, 0.2) is 0 Å². The van der Waals surface area contributed by atoms with Gasteiger partial charge in [0.15, 0.2) is 0 Å². The second kappa shape index (κ2) is 6.85. The van der Waals surface area contributed by atoms with Crippen molar-refractivity contribution in [3.63, 3.8) is 0 Å². The molecule has 0 aliphatic rings. The molecule has 0 saturated carbocycles. The Hall–Kier alpha value is -1.63. The number of imide groups is 1. The van der Waals surface area contributed by atoms with Crippen molar-refractivity contribution >= 4 is 17.8 Å². The average molecular weight is 244 g/mol. The Morgan fingerprint density at radius 2 is 1.71 bits per heavy atom. The summed E-state index contributed by atoms with van der Waals surface area (Å²) in [6, 6.07) is -0.887. The first-order valence-electron chi connectivity index (χ1n) is 5.32. The third-order valence-electron chi connectivity index (χ3n) is 1.59. The van der Waals surface area contributed by atoms with Crippen LogP contribution in [0.25, 0.3) is 0 Å². The van der Waals surface area contributed by atoms with E-state index in [2.05, 4.69) is 10.6 Å². The molecule has 17 heavy (non-hydrogen) atoms. The molecule has 0 fully saturated rings. The number of primary amides is 1. The Labute approximate surface area is 100 Å². The van der Waals surface area contributed by atoms with Gasteiger partial charge in [-0.15, -0.1) is 0 Å². The minimum atomic E-state index is -0.887. The van der Waals surface area contributed by atoms with Crippen molar-refractivity contribution in [2.75, 3.05) is 13.1 Å². The van der Waals surface area contributed by atoms with E-state index in [1.54, 1.807) is 0 Å². The molecule has 0 atom stereocenters. The summed E-state index contributed by atoms with van der Waals surface area (Å²) < 4.78 is 0. The maximum absolute atomic E-state index is 11.4. The number of urea groups is 1. The van der Waals surface area contributed by atoms with Crippen LogP contribution in [0.4, 0.5) is 4.79 Å². The van der Waals surface area contributed by atoms with Crippen molar-refractivity contribution in [3.8, 4) is 0 Å². The van der Waals surface area contributed by atoms with Crippen LogP contribution in [0.1, 0.15) is 27.2 Å². The minimum Gasteiger partial charge on any atom is -0.351 e. The van der Waals surface area contributed by atoms with Gasteiger partial charge in [-0.1, -0.05) is 0 Å². The molecule has 5 N–H and O–H groups in total. The summed E-state index contributed by atoms with van der Waals surface area (Å²) in [5.41, 5.74) is 4.49. The highest BCUT2D eigenvalue weighted by Crippen LogP contribution is 1.98. The molecular formula is C10H20N4O3. The molecule has 0 aliphatic heterocycles. The molecule has 0 rings (SSSR count). The van der Waals surface area contributed by atoms with Gasteiger partial charge in [0.05, 0.1) is 6.54 Å². The van der Waals surface area contributed by atoms with Gasteiger partial charge in [-0.05, 0) is 20.8 Å². The van der Waals surface area contributed by atoms with Crippen molar-refractivity contribution in [1.82, 2.24) is 16.0 Å². The number of nitrogens with two attached hydrogens (primary N) is 1. The largest absolute Gasteiger partial charge is 0.351 e. The second-order valence-corrected chi connectivity index (χ2v) is 4.64. The zero-order chi connectivity index (χ0) is 13.5. The third kappa shape index (κ3) is 10.6. The molecule has 0 aromatic heterocycles. The van der Waals surface area contributed by atoms with Gasteiger partial charge >= 0.3 is 6.03 Å². The molecule has 0 aromatic rings. The molecule has 7 nitrogen and oxygen atoms in total. The standard InChI is InChI=1S/C10H20N4O3/c1-10(2,3)14-7(15)4-5-12-6-8(16)13-9(11)17/h12H,4-6H2,1-3H3,(H,14,15)(H3,11,13,16,17). The van der Waals surface area contributed by atoms with Crippen LogP contribution in [0.5, 0.6) is 0 Å². The fourth-order valence-electron chi connectivity index (χ4n) is 1.07. The van der Waals surface area contributed by atoms with E-state index in [-0.39, 0.29) is 24.4 Å². The lowest BCUT2D eigenvalue weighted by atomic mass is 10.1. The minimum absolute atomic E-state index is 0.0499. The monoisotopic (exact) mass is 244 g/mol. The summed E-state index contributed by atoms with van der Waals surface area (Å²) >= 11 is 0. The van der Waals surface area contributed by atoms with Crippen molar-refractivity contribution in [2.45, 2.75) is 32.7 Å². The number of rotatable bonds is 5. The molecule has 0 saturated heterocycles. The molecule has 0 radical (unpaired) electrons. The first-order chi connectivity index (χ1) is 7.70. The Kier molecular flexibility index (Phi) is 6.19. The lowest BCUT2D eigenvalue weighted by Gasteiger charge is -2.20. The van der Waals surface area contributed by atoms with E-state index in [0.29, 0.717) is 6.54 Å². The quantitative estimate of drug-likeness (QED) is 0.468. The highest BCUT2D eigenvalue weighted by Gasteiger charge is 2.13. The molecule has 0 bridgehead atoms. The lowest BCUT2D eigenvalue weighted by Crippen LogP contribution is -2.43.